The van der Waals surface area contributed by atoms with Crippen molar-refractivity contribution in [3.63, 3.8) is 0 Å². The Morgan fingerprint density at radius 3 is 1.29 bits per heavy atom. The lowest BCUT2D eigenvalue weighted by molar-refractivity contribution is 0.211. The predicted molar refractivity (Wildman–Crippen MR) is 220 cm³/mol. The average molecular weight is 661 g/mol. The molecule has 0 fully saturated rings. The van der Waals surface area contributed by atoms with Gasteiger partial charge in [-0.1, -0.05) is 217 Å². The SMILES string of the molecule is CC(C)(C)/C=C/c1ccccc1.CC(C)(C)CCc1ccccc1.CC(C)(C)Cc1ccccc1.CO/C(=C\c1ccccc1)C(C)(C)C. The standard InChI is InChI=1S/C13H18O.C12H18.C12H16.C11H16/c1-13(2,3)12(14-4)10-11-8-6-5-7-9-11;2*1-12(2,3)10-9-11-7-5-4-6-8-11;1-11(2,3)9-10-7-5-4-6-8-10/h5-10H,1-4H3;4-8H,9-10H2,1-3H3;4-10H,1-3H3;4-8H,9H2,1-3H3/b12-10-;;10-9+;. The highest BCUT2D eigenvalue weighted by molar-refractivity contribution is 5.52. The Bertz CT molecular complexity index is 1440. The Kier molecular flexibility index (Phi) is 18.8. The summed E-state index contributed by atoms with van der Waals surface area (Å²) in [6.07, 6.45) is 10.1. The first-order valence-electron chi connectivity index (χ1n) is 17.9. The highest BCUT2D eigenvalue weighted by atomic mass is 16.5. The van der Waals surface area contributed by atoms with Gasteiger partial charge in [0.15, 0.2) is 0 Å². The minimum Gasteiger partial charge on any atom is -0.501 e. The first kappa shape index (κ1) is 43.2. The number of hydrogen-bond acceptors (Lipinski definition) is 1. The maximum Gasteiger partial charge on any atom is 0.101 e. The number of methoxy groups -OCH3 is 1. The lowest BCUT2D eigenvalue weighted by atomic mass is 9.88. The fourth-order valence-electron chi connectivity index (χ4n) is 4.56. The second kappa shape index (κ2) is 21.3. The highest BCUT2D eigenvalue weighted by Crippen LogP contribution is 2.27. The van der Waals surface area contributed by atoms with Crippen LogP contribution in [0.3, 0.4) is 0 Å². The van der Waals surface area contributed by atoms with Gasteiger partial charge in [-0.25, -0.2) is 0 Å². The first-order chi connectivity index (χ1) is 22.8. The van der Waals surface area contributed by atoms with Crippen molar-refractivity contribution in [2.75, 3.05) is 7.11 Å². The van der Waals surface area contributed by atoms with Crippen molar-refractivity contribution >= 4 is 12.2 Å². The molecule has 4 aromatic carbocycles. The monoisotopic (exact) mass is 661 g/mol. The van der Waals surface area contributed by atoms with Gasteiger partial charge in [0.2, 0.25) is 0 Å². The molecule has 0 aromatic heterocycles. The molecule has 0 heterocycles. The summed E-state index contributed by atoms with van der Waals surface area (Å²) in [6, 6.07) is 41.9. The van der Waals surface area contributed by atoms with Crippen LogP contribution in [0.15, 0.2) is 133 Å². The number of hydrogen-bond donors (Lipinski definition) is 0. The van der Waals surface area contributed by atoms with Crippen molar-refractivity contribution in [2.24, 2.45) is 21.7 Å². The van der Waals surface area contributed by atoms with Gasteiger partial charge < -0.3 is 4.74 Å². The average Bonchev–Trinajstić information content (AvgIpc) is 3.03. The van der Waals surface area contributed by atoms with Crippen LogP contribution in [-0.2, 0) is 17.6 Å². The lowest BCUT2D eigenvalue weighted by Gasteiger charge is -2.21. The normalized spacial score (nSPS) is 12.1. The second-order valence-corrected chi connectivity index (χ2v) is 17.3. The van der Waals surface area contributed by atoms with Gasteiger partial charge in [-0.15, -0.1) is 0 Å². The minimum absolute atomic E-state index is 0.0601. The quantitative estimate of drug-likeness (QED) is 0.187. The molecule has 0 unspecified atom stereocenters. The Morgan fingerprint density at radius 1 is 0.510 bits per heavy atom. The summed E-state index contributed by atoms with van der Waals surface area (Å²) in [5, 5.41) is 0. The molecule has 0 aliphatic rings. The van der Waals surface area contributed by atoms with Crippen LogP contribution in [-0.4, -0.2) is 7.11 Å². The molecule has 0 saturated heterocycles. The number of rotatable bonds is 6. The highest BCUT2D eigenvalue weighted by Gasteiger charge is 2.17. The lowest BCUT2D eigenvalue weighted by Crippen LogP contribution is -2.10. The van der Waals surface area contributed by atoms with Crippen LogP contribution in [0, 0.1) is 21.7 Å². The summed E-state index contributed by atoms with van der Waals surface area (Å²) >= 11 is 0. The van der Waals surface area contributed by atoms with Gasteiger partial charge in [0, 0.05) is 5.41 Å². The third kappa shape index (κ3) is 24.0. The van der Waals surface area contributed by atoms with Crippen molar-refractivity contribution in [3.05, 3.63) is 155 Å². The largest absolute Gasteiger partial charge is 0.501 e. The summed E-state index contributed by atoms with van der Waals surface area (Å²) in [6.45, 7) is 26.7. The number of ether oxygens (including phenoxy) is 1. The van der Waals surface area contributed by atoms with E-state index in [0.717, 1.165) is 12.2 Å². The Morgan fingerprint density at radius 2 is 0.918 bits per heavy atom. The summed E-state index contributed by atoms with van der Waals surface area (Å²) in [4.78, 5) is 0. The van der Waals surface area contributed by atoms with Crippen LogP contribution >= 0.6 is 0 Å². The molecule has 0 aliphatic heterocycles. The van der Waals surface area contributed by atoms with E-state index in [9.17, 15) is 0 Å². The van der Waals surface area contributed by atoms with E-state index >= 15 is 0 Å². The molecule has 0 atom stereocenters. The summed E-state index contributed by atoms with van der Waals surface area (Å²) in [5.74, 6) is 1.00. The third-order valence-electron chi connectivity index (χ3n) is 7.22. The topological polar surface area (TPSA) is 9.23 Å². The first-order valence-corrected chi connectivity index (χ1v) is 17.9. The minimum atomic E-state index is 0.0601. The summed E-state index contributed by atoms with van der Waals surface area (Å²) in [7, 11) is 1.72. The number of benzene rings is 4. The summed E-state index contributed by atoms with van der Waals surface area (Å²) < 4.78 is 5.38. The molecule has 0 spiro atoms. The summed E-state index contributed by atoms with van der Waals surface area (Å²) in [5.41, 5.74) is 6.52. The zero-order valence-corrected chi connectivity index (χ0v) is 33.3. The molecule has 49 heavy (non-hydrogen) atoms. The molecule has 1 nitrogen and oxygen atoms in total. The van der Waals surface area contributed by atoms with Crippen molar-refractivity contribution in [1.29, 1.82) is 0 Å². The molecule has 0 radical (unpaired) electrons. The Balaban J connectivity index is 0.000000328. The molecule has 0 bridgehead atoms. The van der Waals surface area contributed by atoms with Crippen molar-refractivity contribution in [3.8, 4) is 0 Å². The maximum absolute atomic E-state index is 5.38. The van der Waals surface area contributed by atoms with Crippen molar-refractivity contribution in [2.45, 2.75) is 102 Å². The molecule has 0 aliphatic carbocycles. The molecular weight excluding hydrogens is 593 g/mol. The van der Waals surface area contributed by atoms with E-state index in [1.165, 1.54) is 35.1 Å². The van der Waals surface area contributed by atoms with Gasteiger partial charge in [0.05, 0.1) is 7.11 Å². The van der Waals surface area contributed by atoms with Gasteiger partial charge in [-0.2, -0.15) is 0 Å². The maximum atomic E-state index is 5.38. The van der Waals surface area contributed by atoms with E-state index in [0.29, 0.717) is 10.8 Å². The molecular formula is C48H68O. The van der Waals surface area contributed by atoms with Crippen LogP contribution in [0.25, 0.3) is 12.2 Å². The fourth-order valence-corrected chi connectivity index (χ4v) is 4.56. The molecule has 0 N–H and O–H groups in total. The number of aryl methyl sites for hydroxylation is 1. The van der Waals surface area contributed by atoms with E-state index in [1.54, 1.807) is 7.11 Å². The van der Waals surface area contributed by atoms with Crippen LogP contribution < -0.4 is 0 Å². The van der Waals surface area contributed by atoms with Gasteiger partial charge in [0.25, 0.3) is 0 Å². The van der Waals surface area contributed by atoms with E-state index in [2.05, 4.69) is 198 Å². The van der Waals surface area contributed by atoms with E-state index in [1.807, 2.05) is 24.3 Å². The van der Waals surface area contributed by atoms with Gasteiger partial charge in [-0.05, 0) is 63.8 Å². The zero-order valence-electron chi connectivity index (χ0n) is 33.3. The zero-order chi connectivity index (χ0) is 37.0. The smallest absolute Gasteiger partial charge is 0.101 e. The van der Waals surface area contributed by atoms with Crippen molar-refractivity contribution in [1.82, 2.24) is 0 Å². The fraction of sp³-hybridized carbons (Fsp3) is 0.417. The third-order valence-corrected chi connectivity index (χ3v) is 7.22. The van der Waals surface area contributed by atoms with Gasteiger partial charge in [-0.3, -0.25) is 0 Å². The number of allylic oxidation sites excluding steroid dienone is 2. The second-order valence-electron chi connectivity index (χ2n) is 17.3. The molecule has 266 valence electrons. The molecule has 4 aromatic rings. The van der Waals surface area contributed by atoms with Crippen LogP contribution in [0.4, 0.5) is 0 Å². The van der Waals surface area contributed by atoms with Crippen molar-refractivity contribution < 1.29 is 4.74 Å². The predicted octanol–water partition coefficient (Wildman–Crippen LogP) is 14.4. The molecule has 4 rings (SSSR count). The van der Waals surface area contributed by atoms with Gasteiger partial charge >= 0.3 is 0 Å². The Labute approximate surface area is 302 Å². The van der Waals surface area contributed by atoms with E-state index in [4.69, 9.17) is 4.74 Å². The van der Waals surface area contributed by atoms with E-state index < -0.39 is 0 Å². The van der Waals surface area contributed by atoms with Crippen LogP contribution in [0.5, 0.6) is 0 Å². The molecule has 1 heteroatoms. The van der Waals surface area contributed by atoms with Crippen LogP contribution in [0.1, 0.15) is 112 Å². The van der Waals surface area contributed by atoms with Crippen LogP contribution in [0.2, 0.25) is 0 Å². The van der Waals surface area contributed by atoms with Gasteiger partial charge in [0.1, 0.15) is 5.76 Å². The molecule has 0 amide bonds. The molecule has 0 saturated carbocycles. The van der Waals surface area contributed by atoms with E-state index in [-0.39, 0.29) is 10.8 Å². The Hall–Kier alpha value is -3.84.